The molecule has 0 aliphatic carbocycles. The van der Waals surface area contributed by atoms with Crippen LogP contribution in [0.1, 0.15) is 0 Å². The molecule has 0 N–H and O–H groups in total. The van der Waals surface area contributed by atoms with Gasteiger partial charge < -0.3 is 4.90 Å². The average molecular weight is 752 g/mol. The van der Waals surface area contributed by atoms with E-state index in [1.165, 1.54) is 77.5 Å². The molecule has 1 heteroatoms. The third-order valence-corrected chi connectivity index (χ3v) is 11.3. The lowest BCUT2D eigenvalue weighted by Crippen LogP contribution is -2.10. The number of anilines is 3. The van der Waals surface area contributed by atoms with Gasteiger partial charge in [-0.25, -0.2) is 0 Å². The fourth-order valence-electron chi connectivity index (χ4n) is 8.32. The molecular formula is C58H41N. The number of hydrogen-bond donors (Lipinski definition) is 0. The second-order valence-corrected chi connectivity index (χ2v) is 14.9. The van der Waals surface area contributed by atoms with Crippen LogP contribution in [0, 0.1) is 0 Å². The molecule has 10 aromatic carbocycles. The van der Waals surface area contributed by atoms with E-state index in [2.05, 4.69) is 254 Å². The van der Waals surface area contributed by atoms with E-state index < -0.39 is 0 Å². The summed E-state index contributed by atoms with van der Waals surface area (Å²) in [4.78, 5) is 2.37. The first-order valence-electron chi connectivity index (χ1n) is 20.2. The van der Waals surface area contributed by atoms with Gasteiger partial charge in [-0.1, -0.05) is 200 Å². The normalized spacial score (nSPS) is 11.1. The monoisotopic (exact) mass is 751 g/mol. The Morgan fingerprint density at radius 2 is 0.593 bits per heavy atom. The number of hydrogen-bond acceptors (Lipinski definition) is 1. The number of fused-ring (bicyclic) bond motifs is 1. The first kappa shape index (κ1) is 35.7. The molecular weight excluding hydrogens is 711 g/mol. The standard InChI is InChI=1S/C58H41N/c1-3-15-42(16-4-1)47-21-11-22-48(39-47)43-31-35-52(36-32-43)59(54-26-13-25-51(41-54)57-29-10-9-28-55(57)45-17-5-2-6-18-45)53-37-33-44(34-38-53)49-23-12-24-50(40-49)58-30-14-20-46-19-7-8-27-56(46)58/h1-41H. The van der Waals surface area contributed by atoms with E-state index in [-0.39, 0.29) is 0 Å². The molecule has 0 spiro atoms. The Bertz CT molecular complexity index is 3010. The Kier molecular flexibility index (Phi) is 9.68. The van der Waals surface area contributed by atoms with Gasteiger partial charge in [0.2, 0.25) is 0 Å². The molecule has 1 nitrogen and oxygen atoms in total. The van der Waals surface area contributed by atoms with Crippen molar-refractivity contribution in [2.45, 2.75) is 0 Å². The van der Waals surface area contributed by atoms with Crippen LogP contribution in [0.2, 0.25) is 0 Å². The zero-order valence-electron chi connectivity index (χ0n) is 32.6. The second kappa shape index (κ2) is 16.0. The van der Waals surface area contributed by atoms with E-state index in [1.807, 2.05) is 0 Å². The molecule has 278 valence electrons. The molecule has 0 heterocycles. The van der Waals surface area contributed by atoms with Crippen molar-refractivity contribution in [2.75, 3.05) is 4.90 Å². The zero-order chi connectivity index (χ0) is 39.4. The third kappa shape index (κ3) is 7.34. The lowest BCUT2D eigenvalue weighted by Gasteiger charge is -2.27. The second-order valence-electron chi connectivity index (χ2n) is 14.9. The molecule has 10 rings (SSSR count). The van der Waals surface area contributed by atoms with Gasteiger partial charge >= 0.3 is 0 Å². The van der Waals surface area contributed by atoms with Crippen molar-refractivity contribution in [2.24, 2.45) is 0 Å². The molecule has 0 saturated heterocycles. The van der Waals surface area contributed by atoms with Crippen molar-refractivity contribution in [1.29, 1.82) is 0 Å². The summed E-state index contributed by atoms with van der Waals surface area (Å²) in [5.74, 6) is 0. The Balaban J connectivity index is 1.04. The van der Waals surface area contributed by atoms with E-state index in [0.717, 1.165) is 17.1 Å². The molecule has 0 bridgehead atoms. The molecule has 0 aliphatic rings. The molecule has 0 saturated carbocycles. The van der Waals surface area contributed by atoms with E-state index in [0.29, 0.717) is 0 Å². The van der Waals surface area contributed by atoms with Crippen LogP contribution in [-0.4, -0.2) is 0 Å². The van der Waals surface area contributed by atoms with Gasteiger partial charge in [0.15, 0.2) is 0 Å². The number of nitrogens with zero attached hydrogens (tertiary/aromatic N) is 1. The summed E-state index contributed by atoms with van der Waals surface area (Å²) in [6.07, 6.45) is 0. The molecule has 0 unspecified atom stereocenters. The highest BCUT2D eigenvalue weighted by atomic mass is 15.1. The Morgan fingerprint density at radius 3 is 1.22 bits per heavy atom. The highest BCUT2D eigenvalue weighted by molar-refractivity contribution is 5.97. The average Bonchev–Trinajstić information content (AvgIpc) is 3.33. The maximum atomic E-state index is 2.37. The molecule has 59 heavy (non-hydrogen) atoms. The fourth-order valence-corrected chi connectivity index (χ4v) is 8.32. The van der Waals surface area contributed by atoms with Gasteiger partial charge in [0, 0.05) is 17.1 Å². The molecule has 0 amide bonds. The summed E-state index contributed by atoms with van der Waals surface area (Å²) in [5.41, 5.74) is 17.7. The molecule has 0 fully saturated rings. The smallest absolute Gasteiger partial charge is 0.0467 e. The van der Waals surface area contributed by atoms with E-state index in [9.17, 15) is 0 Å². The summed E-state index contributed by atoms with van der Waals surface area (Å²) in [5, 5.41) is 2.52. The van der Waals surface area contributed by atoms with Crippen LogP contribution in [0.4, 0.5) is 17.1 Å². The minimum atomic E-state index is 1.09. The van der Waals surface area contributed by atoms with Gasteiger partial charge in [0.1, 0.15) is 0 Å². The third-order valence-electron chi connectivity index (χ3n) is 11.3. The summed E-state index contributed by atoms with van der Waals surface area (Å²) in [6, 6.07) is 89.7. The van der Waals surface area contributed by atoms with E-state index >= 15 is 0 Å². The zero-order valence-corrected chi connectivity index (χ0v) is 32.6. The van der Waals surface area contributed by atoms with Gasteiger partial charge in [-0.15, -0.1) is 0 Å². The van der Waals surface area contributed by atoms with Crippen molar-refractivity contribution in [1.82, 2.24) is 0 Å². The van der Waals surface area contributed by atoms with Crippen molar-refractivity contribution < 1.29 is 0 Å². The van der Waals surface area contributed by atoms with Gasteiger partial charge in [0.05, 0.1) is 0 Å². The Hall–Kier alpha value is -7.74. The topological polar surface area (TPSA) is 3.24 Å². The molecule has 10 aromatic rings. The van der Waals surface area contributed by atoms with Gasteiger partial charge in [-0.2, -0.15) is 0 Å². The van der Waals surface area contributed by atoms with Crippen LogP contribution in [-0.2, 0) is 0 Å². The first-order valence-corrected chi connectivity index (χ1v) is 20.2. The number of rotatable bonds is 9. The molecule has 0 aromatic heterocycles. The minimum absolute atomic E-state index is 1.09. The maximum Gasteiger partial charge on any atom is 0.0467 e. The maximum absolute atomic E-state index is 2.37. The van der Waals surface area contributed by atoms with Crippen LogP contribution in [0.5, 0.6) is 0 Å². The van der Waals surface area contributed by atoms with Crippen molar-refractivity contribution >= 4 is 27.8 Å². The predicted molar refractivity (Wildman–Crippen MR) is 251 cm³/mol. The summed E-state index contributed by atoms with van der Waals surface area (Å²) < 4.78 is 0. The first-order chi connectivity index (χ1) is 29.2. The van der Waals surface area contributed by atoms with Gasteiger partial charge in [-0.3, -0.25) is 0 Å². The van der Waals surface area contributed by atoms with Gasteiger partial charge in [-0.05, 0) is 126 Å². The predicted octanol–water partition coefficient (Wildman–Crippen LogP) is 16.3. The summed E-state index contributed by atoms with van der Waals surface area (Å²) >= 11 is 0. The van der Waals surface area contributed by atoms with Crippen LogP contribution in [0.3, 0.4) is 0 Å². The lowest BCUT2D eigenvalue weighted by molar-refractivity contribution is 1.28. The van der Waals surface area contributed by atoms with Crippen molar-refractivity contribution in [3.63, 3.8) is 0 Å². The van der Waals surface area contributed by atoms with Crippen LogP contribution in [0.25, 0.3) is 77.5 Å². The van der Waals surface area contributed by atoms with Crippen LogP contribution >= 0.6 is 0 Å². The summed E-state index contributed by atoms with van der Waals surface area (Å²) in [7, 11) is 0. The Labute approximate surface area is 346 Å². The SMILES string of the molecule is c1ccc(-c2cccc(-c3ccc(N(c4ccc(-c5cccc(-c6cccc7ccccc67)c5)cc4)c4cccc(-c5ccccc5-c5ccccc5)c4)cc3)c2)cc1. The highest BCUT2D eigenvalue weighted by Crippen LogP contribution is 2.41. The summed E-state index contributed by atoms with van der Waals surface area (Å²) in [6.45, 7) is 0. The van der Waals surface area contributed by atoms with Crippen LogP contribution < -0.4 is 4.90 Å². The van der Waals surface area contributed by atoms with E-state index in [4.69, 9.17) is 0 Å². The lowest BCUT2D eigenvalue weighted by atomic mass is 9.94. The largest absolute Gasteiger partial charge is 0.310 e. The molecule has 0 radical (unpaired) electrons. The van der Waals surface area contributed by atoms with E-state index in [1.54, 1.807) is 0 Å². The van der Waals surface area contributed by atoms with Crippen molar-refractivity contribution in [3.05, 3.63) is 249 Å². The quantitative estimate of drug-likeness (QED) is 0.142. The molecule has 0 aliphatic heterocycles. The fraction of sp³-hybridized carbons (Fsp3) is 0. The van der Waals surface area contributed by atoms with Crippen molar-refractivity contribution in [3.8, 4) is 66.8 Å². The highest BCUT2D eigenvalue weighted by Gasteiger charge is 2.16. The minimum Gasteiger partial charge on any atom is -0.310 e. The van der Waals surface area contributed by atoms with Gasteiger partial charge in [0.25, 0.3) is 0 Å². The number of benzene rings is 10. The Morgan fingerprint density at radius 1 is 0.203 bits per heavy atom. The molecule has 0 atom stereocenters. The van der Waals surface area contributed by atoms with Crippen LogP contribution in [0.15, 0.2) is 249 Å².